The number of methoxy groups -OCH3 is 1. The van der Waals surface area contributed by atoms with Crippen molar-refractivity contribution in [3.05, 3.63) is 0 Å². The number of esters is 1. The monoisotopic (exact) mass is 406 g/mol. The van der Waals surface area contributed by atoms with Crippen LogP contribution in [0.25, 0.3) is 0 Å². The molecule has 4 heteroatoms. The van der Waals surface area contributed by atoms with Crippen molar-refractivity contribution < 1.29 is 19.7 Å². The van der Waals surface area contributed by atoms with Crippen molar-refractivity contribution in [2.75, 3.05) is 7.11 Å². The highest BCUT2D eigenvalue weighted by Gasteiger charge is 2.63. The summed E-state index contributed by atoms with van der Waals surface area (Å²) in [7, 11) is 1.46. The van der Waals surface area contributed by atoms with Crippen LogP contribution in [0.3, 0.4) is 0 Å². The number of fused-ring (bicyclic) bond motifs is 5. The first-order valence-electron chi connectivity index (χ1n) is 12.1. The average Bonchev–Trinajstić information content (AvgIpc) is 3.06. The van der Waals surface area contributed by atoms with Crippen molar-refractivity contribution in [2.45, 2.75) is 97.2 Å². The highest BCUT2D eigenvalue weighted by molar-refractivity contribution is 5.69. The Morgan fingerprint density at radius 1 is 1.07 bits per heavy atom. The molecule has 166 valence electrons. The molecule has 0 aromatic carbocycles. The van der Waals surface area contributed by atoms with Crippen LogP contribution < -0.4 is 0 Å². The van der Waals surface area contributed by atoms with E-state index >= 15 is 0 Å². The van der Waals surface area contributed by atoms with Gasteiger partial charge in [0.05, 0.1) is 19.3 Å². The van der Waals surface area contributed by atoms with Crippen molar-refractivity contribution in [1.82, 2.24) is 0 Å². The topological polar surface area (TPSA) is 66.8 Å². The van der Waals surface area contributed by atoms with E-state index in [9.17, 15) is 15.0 Å². The molecule has 0 aromatic rings. The molecule has 0 amide bonds. The highest BCUT2D eigenvalue weighted by atomic mass is 16.5. The molecule has 4 saturated carbocycles. The summed E-state index contributed by atoms with van der Waals surface area (Å²) in [6.45, 7) is 7.12. The Labute approximate surface area is 176 Å². The maximum Gasteiger partial charge on any atom is 0.305 e. The van der Waals surface area contributed by atoms with E-state index in [-0.39, 0.29) is 23.6 Å². The fourth-order valence-electron chi connectivity index (χ4n) is 8.81. The van der Waals surface area contributed by atoms with Crippen molar-refractivity contribution in [1.29, 1.82) is 0 Å². The fraction of sp³-hybridized carbons (Fsp3) is 0.960. The van der Waals surface area contributed by atoms with E-state index in [0.29, 0.717) is 41.4 Å². The summed E-state index contributed by atoms with van der Waals surface area (Å²) in [6.07, 6.45) is 9.86. The standard InChI is InChI=1S/C25H42O4/c1-15(5-10-23(28)29-4)19-8-9-20-18-7-6-16-13-17(26)11-12-24(16,2)21(18)14-22(27)25(19,20)3/h15-22,26-27H,5-14H2,1-4H3/t15-,16-,17-,18+,19-,20+,21?,22-,24+,25-/m1/s1. The number of rotatable bonds is 4. The lowest BCUT2D eigenvalue weighted by molar-refractivity contribution is -0.175. The van der Waals surface area contributed by atoms with Gasteiger partial charge in [-0.15, -0.1) is 0 Å². The van der Waals surface area contributed by atoms with Crippen LogP contribution in [-0.2, 0) is 9.53 Å². The van der Waals surface area contributed by atoms with E-state index in [1.807, 2.05) is 0 Å². The van der Waals surface area contributed by atoms with Gasteiger partial charge in [-0.25, -0.2) is 0 Å². The second kappa shape index (κ2) is 7.82. The molecule has 1 unspecified atom stereocenters. The molecule has 4 nitrogen and oxygen atoms in total. The van der Waals surface area contributed by atoms with Crippen molar-refractivity contribution in [2.24, 2.45) is 46.3 Å². The second-order valence-electron chi connectivity index (χ2n) is 11.5. The molecule has 4 aliphatic rings. The van der Waals surface area contributed by atoms with Crippen molar-refractivity contribution in [3.8, 4) is 0 Å². The van der Waals surface area contributed by atoms with Gasteiger partial charge < -0.3 is 14.9 Å². The van der Waals surface area contributed by atoms with E-state index in [2.05, 4.69) is 20.8 Å². The summed E-state index contributed by atoms with van der Waals surface area (Å²) in [5.41, 5.74) is 0.271. The number of carbonyl (C=O) groups is 1. The highest BCUT2D eigenvalue weighted by Crippen LogP contribution is 2.68. The van der Waals surface area contributed by atoms with E-state index in [1.54, 1.807) is 0 Å². The third kappa shape index (κ3) is 3.37. The van der Waals surface area contributed by atoms with Crippen LogP contribution in [0.4, 0.5) is 0 Å². The smallest absolute Gasteiger partial charge is 0.305 e. The predicted octanol–water partition coefficient (Wildman–Crippen LogP) is 4.57. The second-order valence-corrected chi connectivity index (χ2v) is 11.5. The third-order valence-corrected chi connectivity index (χ3v) is 10.5. The van der Waals surface area contributed by atoms with Crippen LogP contribution in [0.2, 0.25) is 0 Å². The number of ether oxygens (including phenoxy) is 1. The van der Waals surface area contributed by atoms with Crippen LogP contribution in [0.15, 0.2) is 0 Å². The quantitative estimate of drug-likeness (QED) is 0.671. The van der Waals surface area contributed by atoms with Crippen LogP contribution in [0, 0.1) is 46.3 Å². The maximum absolute atomic E-state index is 11.6. The van der Waals surface area contributed by atoms with Gasteiger partial charge in [0.25, 0.3) is 0 Å². The number of carbonyl (C=O) groups excluding carboxylic acids is 1. The molecule has 0 radical (unpaired) electrons. The summed E-state index contributed by atoms with van der Waals surface area (Å²) < 4.78 is 4.85. The minimum atomic E-state index is -0.246. The third-order valence-electron chi connectivity index (χ3n) is 10.5. The van der Waals surface area contributed by atoms with Gasteiger partial charge in [-0.1, -0.05) is 20.8 Å². The van der Waals surface area contributed by atoms with Crippen LogP contribution in [-0.4, -0.2) is 35.5 Å². The molecule has 0 aromatic heterocycles. The molecule has 0 bridgehead atoms. The Hall–Kier alpha value is -0.610. The lowest BCUT2D eigenvalue weighted by atomic mass is 9.43. The number of aliphatic hydroxyl groups is 2. The van der Waals surface area contributed by atoms with Gasteiger partial charge >= 0.3 is 5.97 Å². The minimum Gasteiger partial charge on any atom is -0.469 e. The molecule has 29 heavy (non-hydrogen) atoms. The van der Waals surface area contributed by atoms with Crippen LogP contribution in [0.1, 0.15) is 85.0 Å². The van der Waals surface area contributed by atoms with E-state index in [1.165, 1.54) is 32.8 Å². The van der Waals surface area contributed by atoms with Gasteiger partial charge in [-0.3, -0.25) is 4.79 Å². The van der Waals surface area contributed by atoms with Gasteiger partial charge in [0.15, 0.2) is 0 Å². The molecule has 0 spiro atoms. The van der Waals surface area contributed by atoms with Crippen molar-refractivity contribution in [3.63, 3.8) is 0 Å². The Morgan fingerprint density at radius 2 is 1.83 bits per heavy atom. The van der Waals surface area contributed by atoms with Crippen LogP contribution >= 0.6 is 0 Å². The Bertz CT molecular complexity index is 620. The molecule has 2 N–H and O–H groups in total. The van der Waals surface area contributed by atoms with E-state index in [4.69, 9.17) is 4.74 Å². The number of hydrogen-bond acceptors (Lipinski definition) is 4. The van der Waals surface area contributed by atoms with Gasteiger partial charge in [-0.05, 0) is 104 Å². The normalized spacial score (nSPS) is 50.2. The minimum absolute atomic E-state index is 0.0198. The Kier molecular flexibility index (Phi) is 5.83. The van der Waals surface area contributed by atoms with E-state index < -0.39 is 0 Å². The molecule has 0 heterocycles. The largest absolute Gasteiger partial charge is 0.469 e. The zero-order valence-electron chi connectivity index (χ0n) is 18.9. The van der Waals surface area contributed by atoms with Crippen molar-refractivity contribution >= 4 is 5.97 Å². The first-order chi connectivity index (χ1) is 13.7. The molecule has 0 aliphatic heterocycles. The van der Waals surface area contributed by atoms with Crippen LogP contribution in [0.5, 0.6) is 0 Å². The van der Waals surface area contributed by atoms with Gasteiger partial charge in [0.2, 0.25) is 0 Å². The predicted molar refractivity (Wildman–Crippen MR) is 113 cm³/mol. The average molecular weight is 407 g/mol. The van der Waals surface area contributed by atoms with E-state index in [0.717, 1.165) is 38.0 Å². The fourth-order valence-corrected chi connectivity index (χ4v) is 8.81. The molecular weight excluding hydrogens is 364 g/mol. The first-order valence-corrected chi connectivity index (χ1v) is 12.1. The summed E-state index contributed by atoms with van der Waals surface area (Å²) in [5.74, 6) is 3.36. The Morgan fingerprint density at radius 3 is 2.55 bits per heavy atom. The van der Waals surface area contributed by atoms with Gasteiger partial charge in [0.1, 0.15) is 0 Å². The lowest BCUT2D eigenvalue weighted by Crippen LogP contribution is -2.58. The molecule has 10 atom stereocenters. The molecule has 4 fully saturated rings. The molecule has 0 saturated heterocycles. The van der Waals surface area contributed by atoms with Gasteiger partial charge in [0, 0.05) is 6.42 Å². The molecule has 4 aliphatic carbocycles. The molecular formula is C25H42O4. The maximum atomic E-state index is 11.6. The Balaban J connectivity index is 1.53. The summed E-state index contributed by atoms with van der Waals surface area (Å²) in [6, 6.07) is 0. The lowest BCUT2D eigenvalue weighted by Gasteiger charge is -2.62. The zero-order chi connectivity index (χ0) is 21.0. The summed E-state index contributed by atoms with van der Waals surface area (Å²) in [5, 5.41) is 21.8. The first kappa shape index (κ1) is 21.6. The van der Waals surface area contributed by atoms with Gasteiger partial charge in [-0.2, -0.15) is 0 Å². The summed E-state index contributed by atoms with van der Waals surface area (Å²) in [4.78, 5) is 11.6. The molecule has 4 rings (SSSR count). The SMILES string of the molecule is COC(=O)CC[C@@H](C)[C@H]1CC[C@H]2[C@@H]3CC[C@@H]4C[C@H](O)CC[C@]4(C)C3C[C@@H](O)[C@]12C. The number of hydrogen-bond donors (Lipinski definition) is 2. The zero-order valence-corrected chi connectivity index (χ0v) is 18.9. The number of aliphatic hydroxyl groups excluding tert-OH is 2. The summed E-state index contributed by atoms with van der Waals surface area (Å²) >= 11 is 0.